The highest BCUT2D eigenvalue weighted by Crippen LogP contribution is 2.47. The maximum Gasteiger partial charge on any atom is 0.0887 e. The van der Waals surface area contributed by atoms with Gasteiger partial charge in [0.2, 0.25) is 0 Å². The first-order valence-corrected chi connectivity index (χ1v) is 13.1. The first-order chi connectivity index (χ1) is 17.8. The molecule has 0 aliphatic rings. The van der Waals surface area contributed by atoms with Crippen molar-refractivity contribution in [2.45, 2.75) is 0 Å². The number of rotatable bonds is 6. The van der Waals surface area contributed by atoms with E-state index in [1.54, 1.807) is 11.3 Å². The number of hydrogen-bond acceptors (Lipinski definition) is 3. The zero-order valence-electron chi connectivity index (χ0n) is 19.5. The van der Waals surface area contributed by atoms with Gasteiger partial charge >= 0.3 is 0 Å². The Hall–Kier alpha value is -4.05. The van der Waals surface area contributed by atoms with E-state index >= 15 is 0 Å². The molecular weight excluding hydrogens is 480 g/mol. The maximum absolute atomic E-state index is 7.34. The Balaban J connectivity index is 1.58. The number of fused-ring (bicyclic) bond motifs is 1. The van der Waals surface area contributed by atoms with Crippen LogP contribution in [0.2, 0.25) is 5.02 Å². The van der Waals surface area contributed by atoms with Crippen LogP contribution in [-0.4, -0.2) is 0 Å². The van der Waals surface area contributed by atoms with Gasteiger partial charge < -0.3 is 9.80 Å². The molecule has 1 heterocycles. The van der Waals surface area contributed by atoms with Crippen molar-refractivity contribution in [1.29, 1.82) is 0 Å². The molecule has 0 aliphatic carbocycles. The molecule has 4 heteroatoms. The van der Waals surface area contributed by atoms with Crippen molar-refractivity contribution in [2.75, 3.05) is 9.80 Å². The number of anilines is 6. The molecule has 0 atom stereocenters. The molecule has 36 heavy (non-hydrogen) atoms. The Labute approximate surface area is 220 Å². The van der Waals surface area contributed by atoms with Crippen LogP contribution in [0.3, 0.4) is 0 Å². The standard InChI is InChI=1S/C32H23ClN2S/c33-32-29(34(24-12-4-1-5-13-24)25-14-6-2-7-15-25)19-10-20-30(32)35(26-16-8-3-9-17-26)28-18-11-21-31-27(28)22-23-36-31/h1-23H. The lowest BCUT2D eigenvalue weighted by Gasteiger charge is -2.31. The zero-order valence-corrected chi connectivity index (χ0v) is 21.0. The van der Waals surface area contributed by atoms with Gasteiger partial charge in [-0.25, -0.2) is 0 Å². The third kappa shape index (κ3) is 4.13. The van der Waals surface area contributed by atoms with Crippen LogP contribution in [0.5, 0.6) is 0 Å². The highest BCUT2D eigenvalue weighted by molar-refractivity contribution is 7.17. The lowest BCUT2D eigenvalue weighted by Crippen LogP contribution is -2.14. The van der Waals surface area contributed by atoms with Crippen molar-refractivity contribution in [3.8, 4) is 0 Å². The Morgan fingerprint density at radius 2 is 0.917 bits per heavy atom. The summed E-state index contributed by atoms with van der Waals surface area (Å²) in [6.45, 7) is 0. The van der Waals surface area contributed by atoms with Crippen LogP contribution < -0.4 is 9.80 Å². The van der Waals surface area contributed by atoms with E-state index in [1.807, 2.05) is 18.2 Å². The summed E-state index contributed by atoms with van der Waals surface area (Å²) in [7, 11) is 0. The van der Waals surface area contributed by atoms with Gasteiger partial charge in [-0.15, -0.1) is 11.3 Å². The molecule has 0 unspecified atom stereocenters. The average Bonchev–Trinajstić information content (AvgIpc) is 3.43. The predicted molar refractivity (Wildman–Crippen MR) is 156 cm³/mol. The quantitative estimate of drug-likeness (QED) is 0.223. The van der Waals surface area contributed by atoms with Crippen LogP contribution in [0.15, 0.2) is 139 Å². The smallest absolute Gasteiger partial charge is 0.0887 e. The molecule has 0 saturated carbocycles. The fourth-order valence-corrected chi connectivity index (χ4v) is 5.70. The van der Waals surface area contributed by atoms with Crippen molar-refractivity contribution >= 4 is 67.1 Å². The molecule has 0 spiro atoms. The summed E-state index contributed by atoms with van der Waals surface area (Å²) < 4.78 is 1.25. The van der Waals surface area contributed by atoms with Crippen LogP contribution in [0.4, 0.5) is 34.1 Å². The minimum Gasteiger partial charge on any atom is -0.309 e. The normalized spacial score (nSPS) is 10.9. The first-order valence-electron chi connectivity index (χ1n) is 11.8. The summed E-state index contributed by atoms with van der Waals surface area (Å²) >= 11 is 9.09. The van der Waals surface area contributed by atoms with Gasteiger partial charge in [-0.05, 0) is 72.1 Å². The van der Waals surface area contributed by atoms with E-state index < -0.39 is 0 Å². The molecule has 0 bridgehead atoms. The predicted octanol–water partition coefficient (Wildman–Crippen LogP) is 10.5. The van der Waals surface area contributed by atoms with E-state index in [4.69, 9.17) is 11.6 Å². The summed E-state index contributed by atoms with van der Waals surface area (Å²) in [4.78, 5) is 4.47. The third-order valence-corrected chi connectivity index (χ3v) is 7.47. The van der Waals surface area contributed by atoms with Crippen LogP contribution in [0, 0.1) is 0 Å². The fraction of sp³-hybridized carbons (Fsp3) is 0. The summed E-state index contributed by atoms with van der Waals surface area (Å²) in [5.41, 5.74) is 6.11. The molecule has 0 aliphatic heterocycles. The second-order valence-corrected chi connectivity index (χ2v) is 9.72. The summed E-state index contributed by atoms with van der Waals surface area (Å²) in [6.07, 6.45) is 0. The molecule has 5 aromatic carbocycles. The molecular formula is C32H23ClN2S. The Bertz CT molecular complexity index is 1560. The van der Waals surface area contributed by atoms with Crippen LogP contribution in [0.25, 0.3) is 10.1 Å². The summed E-state index contributed by atoms with van der Waals surface area (Å²) in [5, 5.41) is 4.03. The minimum atomic E-state index is 0.682. The number of benzene rings is 5. The van der Waals surface area contributed by atoms with E-state index in [1.165, 1.54) is 10.1 Å². The number of nitrogens with zero attached hydrogens (tertiary/aromatic N) is 2. The van der Waals surface area contributed by atoms with Gasteiger partial charge in [-0.3, -0.25) is 0 Å². The van der Waals surface area contributed by atoms with Crippen LogP contribution in [0.1, 0.15) is 0 Å². The second kappa shape index (κ2) is 9.90. The number of hydrogen-bond donors (Lipinski definition) is 0. The van der Waals surface area contributed by atoms with Gasteiger partial charge in [0.1, 0.15) is 0 Å². The Morgan fingerprint density at radius 3 is 1.50 bits per heavy atom. The zero-order chi connectivity index (χ0) is 24.3. The molecule has 0 amide bonds. The molecule has 0 saturated heterocycles. The first kappa shape index (κ1) is 22.4. The molecule has 1 aromatic heterocycles. The van der Waals surface area contributed by atoms with Gasteiger partial charge in [0.25, 0.3) is 0 Å². The van der Waals surface area contributed by atoms with Gasteiger partial charge in [-0.2, -0.15) is 0 Å². The van der Waals surface area contributed by atoms with Crippen LogP contribution >= 0.6 is 22.9 Å². The van der Waals surface area contributed by atoms with E-state index in [9.17, 15) is 0 Å². The SMILES string of the molecule is Clc1c(N(c2ccccc2)c2ccccc2)cccc1N(c1ccccc1)c1cccc2sccc12. The topological polar surface area (TPSA) is 6.48 Å². The lowest BCUT2D eigenvalue weighted by molar-refractivity contribution is 1.25. The molecule has 6 aromatic rings. The average molecular weight is 503 g/mol. The van der Waals surface area contributed by atoms with Gasteiger partial charge in [-0.1, -0.05) is 78.3 Å². The largest absolute Gasteiger partial charge is 0.309 e. The Morgan fingerprint density at radius 1 is 0.444 bits per heavy atom. The maximum atomic E-state index is 7.34. The molecule has 174 valence electrons. The highest BCUT2D eigenvalue weighted by Gasteiger charge is 2.22. The van der Waals surface area contributed by atoms with Gasteiger partial charge in [0.05, 0.1) is 22.1 Å². The number of thiophene rings is 1. The van der Waals surface area contributed by atoms with Crippen molar-refractivity contribution in [3.63, 3.8) is 0 Å². The van der Waals surface area contributed by atoms with E-state index in [0.717, 1.165) is 34.1 Å². The van der Waals surface area contributed by atoms with Crippen LogP contribution in [-0.2, 0) is 0 Å². The van der Waals surface area contributed by atoms with Gasteiger partial charge in [0, 0.05) is 27.1 Å². The Kier molecular flexibility index (Phi) is 6.17. The minimum absolute atomic E-state index is 0.682. The van der Waals surface area contributed by atoms with Gasteiger partial charge in [0.15, 0.2) is 0 Å². The highest BCUT2D eigenvalue weighted by atomic mass is 35.5. The number of para-hydroxylation sites is 3. The van der Waals surface area contributed by atoms with Crippen molar-refractivity contribution in [1.82, 2.24) is 0 Å². The second-order valence-electron chi connectivity index (χ2n) is 8.40. The summed E-state index contributed by atoms with van der Waals surface area (Å²) in [6, 6.07) is 46.0. The number of halogens is 1. The lowest BCUT2D eigenvalue weighted by atomic mass is 10.1. The monoisotopic (exact) mass is 502 g/mol. The van der Waals surface area contributed by atoms with E-state index in [0.29, 0.717) is 5.02 Å². The van der Waals surface area contributed by atoms with Crippen molar-refractivity contribution in [3.05, 3.63) is 144 Å². The molecule has 2 nitrogen and oxygen atoms in total. The molecule has 6 rings (SSSR count). The summed E-state index contributed by atoms with van der Waals surface area (Å²) in [5.74, 6) is 0. The van der Waals surface area contributed by atoms with E-state index in [2.05, 4.69) is 130 Å². The molecule has 0 fully saturated rings. The third-order valence-electron chi connectivity index (χ3n) is 6.20. The molecule has 0 N–H and O–H groups in total. The van der Waals surface area contributed by atoms with Crippen molar-refractivity contribution in [2.24, 2.45) is 0 Å². The van der Waals surface area contributed by atoms with E-state index in [-0.39, 0.29) is 0 Å². The molecule has 0 radical (unpaired) electrons. The van der Waals surface area contributed by atoms with Crippen molar-refractivity contribution < 1.29 is 0 Å². The fourth-order valence-electron chi connectivity index (χ4n) is 4.59.